The topological polar surface area (TPSA) is 84.0 Å². The van der Waals surface area contributed by atoms with Gasteiger partial charge >= 0.3 is 5.97 Å². The van der Waals surface area contributed by atoms with Crippen LogP contribution >= 0.6 is 11.6 Å². The molecule has 0 spiro atoms. The van der Waals surface area contributed by atoms with E-state index in [-0.39, 0.29) is 12.7 Å². The van der Waals surface area contributed by atoms with E-state index in [2.05, 4.69) is 4.98 Å². The van der Waals surface area contributed by atoms with E-state index < -0.39 is 24.3 Å². The van der Waals surface area contributed by atoms with Gasteiger partial charge in [-0.2, -0.15) is 0 Å². The molecule has 0 amide bonds. The lowest BCUT2D eigenvalue weighted by Crippen LogP contribution is -2.54. The van der Waals surface area contributed by atoms with Crippen molar-refractivity contribution in [1.82, 2.24) is 9.88 Å². The summed E-state index contributed by atoms with van der Waals surface area (Å²) < 4.78 is 16.1. The predicted molar refractivity (Wildman–Crippen MR) is 111 cm³/mol. The lowest BCUT2D eigenvalue weighted by atomic mass is 9.87. The van der Waals surface area contributed by atoms with Crippen molar-refractivity contribution < 1.29 is 24.1 Å². The largest absolute Gasteiger partial charge is 0.468 e. The first kappa shape index (κ1) is 19.2. The van der Waals surface area contributed by atoms with Gasteiger partial charge in [-0.05, 0) is 29.3 Å². The fourth-order valence-electron chi connectivity index (χ4n) is 4.52. The third kappa shape index (κ3) is 2.93. The van der Waals surface area contributed by atoms with E-state index >= 15 is 0 Å². The Morgan fingerprint density at radius 2 is 2.10 bits per heavy atom. The minimum atomic E-state index is -1.05. The summed E-state index contributed by atoms with van der Waals surface area (Å²) >= 11 is 6.05. The number of ether oxygens (including phenoxy) is 3. The quantitative estimate of drug-likeness (QED) is 0.491. The van der Waals surface area contributed by atoms with Gasteiger partial charge in [-0.25, -0.2) is 0 Å². The number of methoxy groups -OCH3 is 1. The summed E-state index contributed by atoms with van der Waals surface area (Å²) in [6.07, 6.45) is -0.646. The van der Waals surface area contributed by atoms with Crippen molar-refractivity contribution in [3.8, 4) is 11.5 Å². The summed E-state index contributed by atoms with van der Waals surface area (Å²) in [4.78, 5) is 18.0. The van der Waals surface area contributed by atoms with E-state index in [1.54, 1.807) is 4.90 Å². The Kier molecular flexibility index (Phi) is 4.81. The molecule has 5 rings (SSSR count). The van der Waals surface area contributed by atoms with Gasteiger partial charge in [-0.15, -0.1) is 11.6 Å². The summed E-state index contributed by atoms with van der Waals surface area (Å²) in [7, 11) is 1.36. The Hall–Kier alpha value is -2.74. The van der Waals surface area contributed by atoms with Crippen LogP contribution in [-0.2, 0) is 16.0 Å². The average molecular weight is 429 g/mol. The van der Waals surface area contributed by atoms with Crippen molar-refractivity contribution in [2.24, 2.45) is 0 Å². The number of para-hydroxylation sites is 1. The summed E-state index contributed by atoms with van der Waals surface area (Å²) in [5, 5.41) is 11.9. The zero-order valence-electron chi connectivity index (χ0n) is 16.3. The first-order valence-electron chi connectivity index (χ1n) is 9.70. The maximum atomic E-state index is 12.8. The molecule has 0 aliphatic carbocycles. The fraction of sp³-hybridized carbons (Fsp3) is 0.318. The van der Waals surface area contributed by atoms with Gasteiger partial charge in [0, 0.05) is 23.0 Å². The van der Waals surface area contributed by atoms with Gasteiger partial charge in [0.25, 0.3) is 0 Å². The van der Waals surface area contributed by atoms with E-state index in [0.29, 0.717) is 17.9 Å². The van der Waals surface area contributed by atoms with Crippen molar-refractivity contribution in [2.75, 3.05) is 19.8 Å². The van der Waals surface area contributed by atoms with Crippen LogP contribution in [0.2, 0.25) is 0 Å². The SMILES string of the molecule is COC(=O)[C@H]1Cc2c([nH]c3ccccc23)[C@@H](c2ccc3c(c2)OCO3)N1C(O)CCl. The standard InChI is InChI=1S/C22H21ClN2O5/c1-28-22(27)16-9-14-13-4-2-3-5-15(13)24-20(14)21(25(16)19(26)10-23)12-6-7-17-18(8-12)30-11-29-17/h2-8,16,19,21,24,26H,9-11H2,1H3/t16-,19?,21-/m1/s1. The highest BCUT2D eigenvalue weighted by atomic mass is 35.5. The zero-order valence-corrected chi connectivity index (χ0v) is 17.1. The maximum Gasteiger partial charge on any atom is 0.323 e. The summed E-state index contributed by atoms with van der Waals surface area (Å²) in [6, 6.07) is 12.5. The number of rotatable bonds is 4. The van der Waals surface area contributed by atoms with Gasteiger partial charge in [-0.3, -0.25) is 9.69 Å². The minimum absolute atomic E-state index is 0.0515. The summed E-state index contributed by atoms with van der Waals surface area (Å²) in [5.41, 5.74) is 3.77. The molecule has 0 saturated heterocycles. The number of carbonyl (C=O) groups excluding carboxylic acids is 1. The third-order valence-corrected chi connectivity index (χ3v) is 6.12. The molecule has 0 radical (unpaired) electrons. The number of aromatic nitrogens is 1. The second-order valence-corrected chi connectivity index (χ2v) is 7.71. The molecule has 2 aromatic carbocycles. The Bertz CT molecular complexity index is 1110. The Labute approximate surface area is 178 Å². The number of benzene rings is 2. The lowest BCUT2D eigenvalue weighted by Gasteiger charge is -2.43. The molecule has 2 aliphatic heterocycles. The second-order valence-electron chi connectivity index (χ2n) is 7.40. The van der Waals surface area contributed by atoms with E-state index in [1.807, 2.05) is 42.5 Å². The number of nitrogens with one attached hydrogen (secondary N) is 1. The van der Waals surface area contributed by atoms with Crippen molar-refractivity contribution in [1.29, 1.82) is 0 Å². The van der Waals surface area contributed by atoms with Gasteiger partial charge in [-0.1, -0.05) is 24.3 Å². The van der Waals surface area contributed by atoms with E-state index in [4.69, 9.17) is 25.8 Å². The van der Waals surface area contributed by atoms with Crippen molar-refractivity contribution >= 4 is 28.5 Å². The molecule has 0 fully saturated rings. The number of aromatic amines is 1. The van der Waals surface area contributed by atoms with Crippen molar-refractivity contribution in [2.45, 2.75) is 24.7 Å². The second kappa shape index (κ2) is 7.50. The predicted octanol–water partition coefficient (Wildman–Crippen LogP) is 2.94. The highest BCUT2D eigenvalue weighted by Gasteiger charge is 2.44. The van der Waals surface area contributed by atoms with Crippen LogP contribution in [0.1, 0.15) is 22.9 Å². The molecule has 2 N–H and O–H groups in total. The van der Waals surface area contributed by atoms with Crippen molar-refractivity contribution in [3.05, 3.63) is 59.3 Å². The van der Waals surface area contributed by atoms with Crippen LogP contribution in [-0.4, -0.2) is 53.0 Å². The Balaban J connectivity index is 1.74. The number of hydrogen-bond acceptors (Lipinski definition) is 6. The molecule has 2 aliphatic rings. The van der Waals surface area contributed by atoms with Gasteiger partial charge in [0.2, 0.25) is 6.79 Å². The molecule has 1 unspecified atom stereocenters. The maximum absolute atomic E-state index is 12.8. The number of hydrogen-bond donors (Lipinski definition) is 2. The van der Waals surface area contributed by atoms with Crippen LogP contribution in [0.4, 0.5) is 0 Å². The van der Waals surface area contributed by atoms with Crippen LogP contribution in [0, 0.1) is 0 Å². The molecule has 0 saturated carbocycles. The lowest BCUT2D eigenvalue weighted by molar-refractivity contribution is -0.154. The van der Waals surface area contributed by atoms with Crippen LogP contribution in [0.5, 0.6) is 11.5 Å². The van der Waals surface area contributed by atoms with Crippen LogP contribution in [0.15, 0.2) is 42.5 Å². The third-order valence-electron chi connectivity index (χ3n) is 5.84. The first-order chi connectivity index (χ1) is 14.6. The molecular formula is C22H21ClN2O5. The molecule has 1 aromatic heterocycles. The number of carbonyl (C=O) groups is 1. The number of halogens is 1. The number of nitrogens with zero attached hydrogens (tertiary/aromatic N) is 1. The monoisotopic (exact) mass is 428 g/mol. The highest BCUT2D eigenvalue weighted by Crippen LogP contribution is 2.44. The van der Waals surface area contributed by atoms with Gasteiger partial charge in [0.05, 0.1) is 19.0 Å². The molecular weight excluding hydrogens is 408 g/mol. The fourth-order valence-corrected chi connectivity index (χ4v) is 4.68. The molecule has 30 heavy (non-hydrogen) atoms. The van der Waals surface area contributed by atoms with E-state index in [9.17, 15) is 9.90 Å². The Morgan fingerprint density at radius 1 is 1.30 bits per heavy atom. The van der Waals surface area contributed by atoms with Crippen LogP contribution in [0.25, 0.3) is 10.9 Å². The van der Waals surface area contributed by atoms with Crippen molar-refractivity contribution in [3.63, 3.8) is 0 Å². The number of alkyl halides is 1. The van der Waals surface area contributed by atoms with Gasteiger partial charge < -0.3 is 24.3 Å². The number of H-pyrrole nitrogens is 1. The zero-order chi connectivity index (χ0) is 20.8. The Morgan fingerprint density at radius 3 is 2.90 bits per heavy atom. The molecule has 0 bridgehead atoms. The average Bonchev–Trinajstić information content (AvgIpc) is 3.40. The van der Waals surface area contributed by atoms with Gasteiger partial charge in [0.15, 0.2) is 11.5 Å². The highest BCUT2D eigenvalue weighted by molar-refractivity contribution is 6.18. The summed E-state index contributed by atoms with van der Waals surface area (Å²) in [6.45, 7) is 0.167. The number of aliphatic hydroxyl groups excluding tert-OH is 1. The van der Waals surface area contributed by atoms with Crippen LogP contribution < -0.4 is 9.47 Å². The normalized spacial score (nSPS) is 21.4. The molecule has 3 atom stereocenters. The molecule has 3 heterocycles. The molecule has 156 valence electrons. The summed E-state index contributed by atoms with van der Waals surface area (Å²) in [5.74, 6) is 0.830. The smallest absolute Gasteiger partial charge is 0.323 e. The van der Waals surface area contributed by atoms with E-state index in [1.165, 1.54) is 7.11 Å². The number of esters is 1. The number of aliphatic hydroxyl groups is 1. The van der Waals surface area contributed by atoms with Crippen LogP contribution in [0.3, 0.4) is 0 Å². The first-order valence-corrected chi connectivity index (χ1v) is 10.2. The minimum Gasteiger partial charge on any atom is -0.468 e. The van der Waals surface area contributed by atoms with E-state index in [0.717, 1.165) is 27.7 Å². The number of fused-ring (bicyclic) bond motifs is 4. The molecule has 7 nitrogen and oxygen atoms in total. The van der Waals surface area contributed by atoms with Gasteiger partial charge in [0.1, 0.15) is 12.3 Å². The molecule has 3 aromatic rings. The molecule has 8 heteroatoms.